The van der Waals surface area contributed by atoms with Gasteiger partial charge in [0.25, 0.3) is 5.56 Å². The second-order valence-electron chi connectivity index (χ2n) is 5.84. The van der Waals surface area contributed by atoms with Crippen LogP contribution in [0.15, 0.2) is 4.79 Å². The summed E-state index contributed by atoms with van der Waals surface area (Å²) < 4.78 is 35.6. The van der Waals surface area contributed by atoms with Gasteiger partial charge >= 0.3 is 15.6 Å². The van der Waals surface area contributed by atoms with Crippen LogP contribution in [0.5, 0.6) is 0 Å². The van der Waals surface area contributed by atoms with Crippen LogP contribution >= 0.6 is 15.6 Å². The molecule has 5 atom stereocenters. The molecular formula is C10H17N5O11P2. The number of fused-ring (bicyclic) bond motifs is 1. The fourth-order valence-electron chi connectivity index (χ4n) is 2.75. The summed E-state index contributed by atoms with van der Waals surface area (Å²) >= 11 is 0. The molecule has 0 saturated carbocycles. The monoisotopic (exact) mass is 445 g/mol. The maximum atomic E-state index is 11.9. The van der Waals surface area contributed by atoms with Crippen LogP contribution in [0.4, 0.5) is 17.5 Å². The van der Waals surface area contributed by atoms with E-state index in [1.165, 1.54) is 4.90 Å². The van der Waals surface area contributed by atoms with Gasteiger partial charge in [-0.15, -0.1) is 0 Å². The summed E-state index contributed by atoms with van der Waals surface area (Å²) in [6, 6.07) is 0. The second kappa shape index (κ2) is 7.35. The van der Waals surface area contributed by atoms with Gasteiger partial charge in [0.2, 0.25) is 5.95 Å². The molecule has 2 aliphatic rings. The Hall–Kier alpha value is -1.58. The molecule has 9 N–H and O–H groups in total. The Morgan fingerprint density at radius 3 is 2.61 bits per heavy atom. The standard InChI is InChI=1S/C10H17N5O11P2/c11-10-13-7-4(8(18)14-10)12-2-15(7)9-6(17)5(16)3(25-9)1-24-28(22,23)26-27(19,20)21/h3,5-6,9,12,16-17H,1-2H2,(H,22,23)(H2,19,20,21)(H3,11,13,14,18)/t3-,5-,6-,9-/m1/s1. The highest BCUT2D eigenvalue weighted by Crippen LogP contribution is 2.57. The van der Waals surface area contributed by atoms with Crippen molar-refractivity contribution in [2.75, 3.05) is 29.2 Å². The average Bonchev–Trinajstić information content (AvgIpc) is 3.06. The molecule has 0 spiro atoms. The SMILES string of the molecule is Nc1nc2c(c(=O)[nH]1)NCN2[C@@H]1O[C@H](COP(=O)(O)OP(=O)(O)O)[C@@H](O)[C@H]1O. The van der Waals surface area contributed by atoms with Crippen LogP contribution < -0.4 is 21.5 Å². The number of aliphatic hydroxyl groups excluding tert-OH is 2. The van der Waals surface area contributed by atoms with E-state index < -0.39 is 52.4 Å². The van der Waals surface area contributed by atoms with E-state index in [1.54, 1.807) is 0 Å². The largest absolute Gasteiger partial charge is 0.481 e. The third-order valence-corrected chi connectivity index (χ3v) is 6.02. The summed E-state index contributed by atoms with van der Waals surface area (Å²) in [5.74, 6) is -0.141. The quantitative estimate of drug-likeness (QED) is 0.206. The number of phosphoric acid groups is 2. The normalized spacial score (nSPS) is 29.4. The minimum Gasteiger partial charge on any atom is -0.387 e. The average molecular weight is 445 g/mol. The molecule has 16 nitrogen and oxygen atoms in total. The molecule has 2 aliphatic heterocycles. The van der Waals surface area contributed by atoms with Gasteiger partial charge in [-0.1, -0.05) is 0 Å². The highest BCUT2D eigenvalue weighted by molar-refractivity contribution is 7.60. The topological polar surface area (TPSA) is 250 Å². The highest BCUT2D eigenvalue weighted by Gasteiger charge is 2.48. The zero-order valence-electron chi connectivity index (χ0n) is 13.8. The Morgan fingerprint density at radius 1 is 1.29 bits per heavy atom. The van der Waals surface area contributed by atoms with Crippen LogP contribution in [0, 0.1) is 0 Å². The summed E-state index contributed by atoms with van der Waals surface area (Å²) in [4.78, 5) is 45.8. The van der Waals surface area contributed by atoms with Crippen molar-refractivity contribution in [1.29, 1.82) is 0 Å². The maximum Gasteiger partial charge on any atom is 0.481 e. The van der Waals surface area contributed by atoms with E-state index in [1.807, 2.05) is 0 Å². The first-order valence-electron chi connectivity index (χ1n) is 7.54. The molecule has 0 radical (unpaired) electrons. The van der Waals surface area contributed by atoms with E-state index in [9.17, 15) is 29.0 Å². The fourth-order valence-corrected chi connectivity index (χ4v) is 4.34. The summed E-state index contributed by atoms with van der Waals surface area (Å²) in [6.07, 6.45) is -5.77. The molecule has 1 unspecified atom stereocenters. The lowest BCUT2D eigenvalue weighted by Crippen LogP contribution is -2.44. The van der Waals surface area contributed by atoms with Crippen molar-refractivity contribution < 1.29 is 47.6 Å². The van der Waals surface area contributed by atoms with E-state index in [2.05, 4.69) is 24.1 Å². The van der Waals surface area contributed by atoms with Crippen LogP contribution in [-0.2, 0) is 22.7 Å². The zero-order chi connectivity index (χ0) is 20.9. The van der Waals surface area contributed by atoms with E-state index in [0.29, 0.717) is 0 Å². The molecule has 18 heteroatoms. The number of aromatic amines is 1. The number of nitrogens with two attached hydrogens (primary N) is 1. The first kappa shape index (κ1) is 21.1. The molecule has 3 rings (SSSR count). The Bertz CT molecular complexity index is 904. The molecular weight excluding hydrogens is 428 g/mol. The highest BCUT2D eigenvalue weighted by atomic mass is 31.3. The number of nitrogens with zero attached hydrogens (tertiary/aromatic N) is 2. The van der Waals surface area contributed by atoms with Crippen molar-refractivity contribution >= 4 is 33.1 Å². The minimum absolute atomic E-state index is 0.0311. The van der Waals surface area contributed by atoms with Crippen LogP contribution in [0.1, 0.15) is 0 Å². The fraction of sp³-hybridized carbons (Fsp3) is 0.600. The number of phosphoric ester groups is 1. The predicted molar refractivity (Wildman–Crippen MR) is 89.8 cm³/mol. The Labute approximate surface area is 155 Å². The molecule has 3 heterocycles. The van der Waals surface area contributed by atoms with Crippen LogP contribution in [0.2, 0.25) is 0 Å². The van der Waals surface area contributed by atoms with Crippen molar-refractivity contribution in [3.8, 4) is 0 Å². The Morgan fingerprint density at radius 2 is 1.96 bits per heavy atom. The summed E-state index contributed by atoms with van der Waals surface area (Å²) in [7, 11) is -10.5. The summed E-state index contributed by atoms with van der Waals surface area (Å²) in [5, 5.41) is 23.1. The van der Waals surface area contributed by atoms with Gasteiger partial charge in [0.15, 0.2) is 12.0 Å². The molecule has 158 valence electrons. The van der Waals surface area contributed by atoms with Gasteiger partial charge in [0.05, 0.1) is 13.3 Å². The summed E-state index contributed by atoms with van der Waals surface area (Å²) in [6.45, 7) is -0.877. The number of aromatic nitrogens is 2. The van der Waals surface area contributed by atoms with Crippen molar-refractivity contribution in [1.82, 2.24) is 9.97 Å². The number of nitrogen functional groups attached to an aromatic ring is 1. The molecule has 28 heavy (non-hydrogen) atoms. The molecule has 0 aliphatic carbocycles. The van der Waals surface area contributed by atoms with Crippen molar-refractivity contribution in [2.45, 2.75) is 24.5 Å². The number of nitrogens with one attached hydrogen (secondary N) is 2. The number of anilines is 3. The molecule has 1 aromatic heterocycles. The number of hydrogen-bond acceptors (Lipinski definition) is 12. The van der Waals surface area contributed by atoms with Gasteiger partial charge in [-0.3, -0.25) is 14.3 Å². The number of H-pyrrole nitrogens is 1. The van der Waals surface area contributed by atoms with Crippen LogP contribution in [0.25, 0.3) is 0 Å². The molecule has 1 fully saturated rings. The Kier molecular flexibility index (Phi) is 5.55. The first-order chi connectivity index (χ1) is 12.9. The van der Waals surface area contributed by atoms with Crippen LogP contribution in [-0.4, -0.2) is 72.7 Å². The third-order valence-electron chi connectivity index (χ3n) is 3.87. The number of ether oxygens (including phenoxy) is 1. The number of hydrogen-bond donors (Lipinski definition) is 8. The smallest absolute Gasteiger partial charge is 0.387 e. The minimum atomic E-state index is -5.31. The van der Waals surface area contributed by atoms with Gasteiger partial charge in [-0.2, -0.15) is 9.29 Å². The second-order valence-corrected chi connectivity index (χ2v) is 8.67. The van der Waals surface area contributed by atoms with Gasteiger partial charge in [-0.05, 0) is 0 Å². The molecule has 0 amide bonds. The molecule has 0 aromatic carbocycles. The number of rotatable bonds is 6. The lowest BCUT2D eigenvalue weighted by molar-refractivity contribution is -0.0215. The Balaban J connectivity index is 1.72. The summed E-state index contributed by atoms with van der Waals surface area (Å²) in [5.41, 5.74) is 5.00. The van der Waals surface area contributed by atoms with Crippen LogP contribution in [0.3, 0.4) is 0 Å². The number of aliphatic hydroxyl groups is 2. The zero-order valence-corrected chi connectivity index (χ0v) is 15.6. The predicted octanol–water partition coefficient (Wildman–Crippen LogP) is -2.79. The third kappa shape index (κ3) is 4.36. The van der Waals surface area contributed by atoms with Gasteiger partial charge in [-0.25, -0.2) is 9.13 Å². The van der Waals surface area contributed by atoms with Gasteiger partial charge in [0, 0.05) is 0 Å². The van der Waals surface area contributed by atoms with E-state index in [-0.39, 0.29) is 24.1 Å². The van der Waals surface area contributed by atoms with Crippen molar-refractivity contribution in [2.24, 2.45) is 0 Å². The molecule has 1 saturated heterocycles. The van der Waals surface area contributed by atoms with E-state index in [4.69, 9.17) is 20.3 Å². The van der Waals surface area contributed by atoms with E-state index >= 15 is 0 Å². The maximum absolute atomic E-state index is 11.9. The van der Waals surface area contributed by atoms with E-state index in [0.717, 1.165) is 0 Å². The van der Waals surface area contributed by atoms with Gasteiger partial charge in [0.1, 0.15) is 24.0 Å². The lowest BCUT2D eigenvalue weighted by Gasteiger charge is -2.26. The lowest BCUT2D eigenvalue weighted by atomic mass is 10.1. The van der Waals surface area contributed by atoms with Gasteiger partial charge < -0.3 is 45.6 Å². The molecule has 0 bridgehead atoms. The first-order valence-corrected chi connectivity index (χ1v) is 10.6. The van der Waals surface area contributed by atoms with Crippen molar-refractivity contribution in [3.63, 3.8) is 0 Å². The van der Waals surface area contributed by atoms with Crippen molar-refractivity contribution in [3.05, 3.63) is 10.4 Å². The molecule has 1 aromatic rings.